The van der Waals surface area contributed by atoms with Crippen molar-refractivity contribution < 1.29 is 4.79 Å². The molecule has 1 atom stereocenters. The number of nitrogens with one attached hydrogen (secondary N) is 1. The maximum atomic E-state index is 12.0. The Labute approximate surface area is 103 Å². The highest BCUT2D eigenvalue weighted by molar-refractivity contribution is 5.93. The van der Waals surface area contributed by atoms with E-state index in [9.17, 15) is 4.79 Å². The molecule has 1 unspecified atom stereocenters. The molecule has 1 aromatic rings. The van der Waals surface area contributed by atoms with Crippen LogP contribution in [-0.2, 0) is 11.2 Å². The number of para-hydroxylation sites is 1. The van der Waals surface area contributed by atoms with Gasteiger partial charge in [-0.15, -0.1) is 0 Å². The molecule has 1 amide bonds. The lowest BCUT2D eigenvalue weighted by Gasteiger charge is -2.16. The van der Waals surface area contributed by atoms with E-state index in [-0.39, 0.29) is 11.8 Å². The van der Waals surface area contributed by atoms with Crippen molar-refractivity contribution in [1.82, 2.24) is 0 Å². The third-order valence-electron chi connectivity index (χ3n) is 3.04. The number of aryl methyl sites for hydroxylation is 2. The molecule has 0 fully saturated rings. The van der Waals surface area contributed by atoms with Crippen molar-refractivity contribution in [3.8, 4) is 0 Å². The smallest absolute Gasteiger partial charge is 0.227 e. The number of anilines is 1. The first-order chi connectivity index (χ1) is 8.10. The minimum absolute atomic E-state index is 0.0377. The van der Waals surface area contributed by atoms with Crippen LogP contribution in [0.1, 0.15) is 31.4 Å². The Morgan fingerprint density at radius 2 is 2.18 bits per heavy atom. The second kappa shape index (κ2) is 6.40. The van der Waals surface area contributed by atoms with Crippen molar-refractivity contribution in [1.29, 1.82) is 0 Å². The second-order valence-electron chi connectivity index (χ2n) is 4.43. The highest BCUT2D eigenvalue weighted by Gasteiger charge is 2.14. The summed E-state index contributed by atoms with van der Waals surface area (Å²) in [6, 6.07) is 6.09. The van der Waals surface area contributed by atoms with Crippen molar-refractivity contribution in [3.05, 3.63) is 29.3 Å². The van der Waals surface area contributed by atoms with Gasteiger partial charge >= 0.3 is 0 Å². The van der Waals surface area contributed by atoms with E-state index in [1.165, 1.54) is 5.56 Å². The van der Waals surface area contributed by atoms with Crippen LogP contribution in [0.5, 0.6) is 0 Å². The molecule has 17 heavy (non-hydrogen) atoms. The monoisotopic (exact) mass is 234 g/mol. The summed E-state index contributed by atoms with van der Waals surface area (Å²) in [4.78, 5) is 12.0. The summed E-state index contributed by atoms with van der Waals surface area (Å²) >= 11 is 0. The summed E-state index contributed by atoms with van der Waals surface area (Å²) in [6.45, 7) is 6.56. The second-order valence-corrected chi connectivity index (χ2v) is 4.43. The van der Waals surface area contributed by atoms with Crippen LogP contribution in [0.15, 0.2) is 18.2 Å². The molecular formula is C14H22N2O. The minimum Gasteiger partial charge on any atom is -0.330 e. The highest BCUT2D eigenvalue weighted by atomic mass is 16.1. The van der Waals surface area contributed by atoms with Crippen LogP contribution < -0.4 is 11.1 Å². The van der Waals surface area contributed by atoms with Gasteiger partial charge in [-0.3, -0.25) is 4.79 Å². The van der Waals surface area contributed by atoms with Gasteiger partial charge in [-0.2, -0.15) is 0 Å². The first kappa shape index (κ1) is 13.7. The number of amides is 1. The standard InChI is InChI=1S/C14H22N2O/c1-4-12-7-5-6-10(2)13(12)16-14(17)11(3)8-9-15/h5-7,11H,4,8-9,15H2,1-3H3,(H,16,17). The SMILES string of the molecule is CCc1cccc(C)c1NC(=O)C(C)CCN. The van der Waals surface area contributed by atoms with Gasteiger partial charge in [0.25, 0.3) is 0 Å². The molecule has 3 N–H and O–H groups in total. The zero-order valence-electron chi connectivity index (χ0n) is 10.9. The average molecular weight is 234 g/mol. The first-order valence-electron chi connectivity index (χ1n) is 6.19. The lowest BCUT2D eigenvalue weighted by atomic mass is 10.0. The zero-order chi connectivity index (χ0) is 12.8. The molecule has 0 heterocycles. The lowest BCUT2D eigenvalue weighted by molar-refractivity contribution is -0.119. The van der Waals surface area contributed by atoms with Gasteiger partial charge in [0.2, 0.25) is 5.91 Å². The van der Waals surface area contributed by atoms with Crippen molar-refractivity contribution in [3.63, 3.8) is 0 Å². The molecule has 0 aliphatic rings. The Hall–Kier alpha value is -1.35. The summed E-state index contributed by atoms with van der Waals surface area (Å²) in [7, 11) is 0. The average Bonchev–Trinajstić information content (AvgIpc) is 2.31. The van der Waals surface area contributed by atoms with Gasteiger partial charge in [0.1, 0.15) is 0 Å². The maximum Gasteiger partial charge on any atom is 0.227 e. The molecule has 3 nitrogen and oxygen atoms in total. The zero-order valence-corrected chi connectivity index (χ0v) is 10.9. The topological polar surface area (TPSA) is 55.1 Å². The number of hydrogen-bond acceptors (Lipinski definition) is 2. The third kappa shape index (κ3) is 3.56. The minimum atomic E-state index is -0.0377. The predicted octanol–water partition coefficient (Wildman–Crippen LogP) is 2.48. The van der Waals surface area contributed by atoms with Crippen LogP contribution in [0.4, 0.5) is 5.69 Å². The summed E-state index contributed by atoms with van der Waals surface area (Å²) in [5.41, 5.74) is 8.72. The van der Waals surface area contributed by atoms with E-state index < -0.39 is 0 Å². The molecule has 0 aliphatic heterocycles. The fourth-order valence-electron chi connectivity index (χ4n) is 1.83. The summed E-state index contributed by atoms with van der Waals surface area (Å²) in [5.74, 6) is 0.0174. The first-order valence-corrected chi connectivity index (χ1v) is 6.19. The van der Waals surface area contributed by atoms with E-state index in [1.807, 2.05) is 26.0 Å². The molecule has 0 radical (unpaired) electrons. The van der Waals surface area contributed by atoms with Crippen LogP contribution >= 0.6 is 0 Å². The molecule has 3 heteroatoms. The van der Waals surface area contributed by atoms with E-state index in [0.717, 1.165) is 24.1 Å². The summed E-state index contributed by atoms with van der Waals surface area (Å²) in [5, 5.41) is 3.02. The van der Waals surface area contributed by atoms with Gasteiger partial charge in [-0.25, -0.2) is 0 Å². The van der Waals surface area contributed by atoms with Gasteiger partial charge in [-0.1, -0.05) is 32.0 Å². The van der Waals surface area contributed by atoms with E-state index in [4.69, 9.17) is 5.73 Å². The quantitative estimate of drug-likeness (QED) is 0.822. The van der Waals surface area contributed by atoms with E-state index in [2.05, 4.69) is 18.3 Å². The summed E-state index contributed by atoms with van der Waals surface area (Å²) < 4.78 is 0. The Morgan fingerprint density at radius 3 is 2.76 bits per heavy atom. The molecule has 0 aliphatic carbocycles. The van der Waals surface area contributed by atoms with Crippen molar-refractivity contribution >= 4 is 11.6 Å². The fourth-order valence-corrected chi connectivity index (χ4v) is 1.83. The molecule has 94 valence electrons. The van der Waals surface area contributed by atoms with Gasteiger partial charge in [-0.05, 0) is 37.4 Å². The fraction of sp³-hybridized carbons (Fsp3) is 0.500. The maximum absolute atomic E-state index is 12.0. The number of carbonyl (C=O) groups is 1. The molecule has 0 aromatic heterocycles. The van der Waals surface area contributed by atoms with Crippen LogP contribution in [0.2, 0.25) is 0 Å². The van der Waals surface area contributed by atoms with E-state index in [1.54, 1.807) is 0 Å². The number of nitrogens with two attached hydrogens (primary N) is 1. The molecule has 0 saturated carbocycles. The van der Waals surface area contributed by atoms with Crippen LogP contribution in [0.25, 0.3) is 0 Å². The molecule has 0 bridgehead atoms. The summed E-state index contributed by atoms with van der Waals surface area (Å²) in [6.07, 6.45) is 1.64. The van der Waals surface area contributed by atoms with Gasteiger partial charge in [0.15, 0.2) is 0 Å². The number of hydrogen-bond donors (Lipinski definition) is 2. The van der Waals surface area contributed by atoms with Crippen LogP contribution in [0, 0.1) is 12.8 Å². The predicted molar refractivity (Wildman–Crippen MR) is 72.0 cm³/mol. The molecule has 0 spiro atoms. The molecular weight excluding hydrogens is 212 g/mol. The molecule has 1 rings (SSSR count). The van der Waals surface area contributed by atoms with Gasteiger partial charge < -0.3 is 11.1 Å². The largest absolute Gasteiger partial charge is 0.330 e. The Kier molecular flexibility index (Phi) is 5.16. The number of rotatable bonds is 5. The van der Waals surface area contributed by atoms with Gasteiger partial charge in [0, 0.05) is 11.6 Å². The normalized spacial score (nSPS) is 12.2. The van der Waals surface area contributed by atoms with E-state index >= 15 is 0 Å². The van der Waals surface area contributed by atoms with Crippen molar-refractivity contribution in [2.45, 2.75) is 33.6 Å². The Bertz CT molecular complexity index is 388. The third-order valence-corrected chi connectivity index (χ3v) is 3.04. The molecule has 0 saturated heterocycles. The van der Waals surface area contributed by atoms with Crippen LogP contribution in [0.3, 0.4) is 0 Å². The van der Waals surface area contributed by atoms with Gasteiger partial charge in [0.05, 0.1) is 0 Å². The molecule has 1 aromatic carbocycles. The van der Waals surface area contributed by atoms with Crippen molar-refractivity contribution in [2.75, 3.05) is 11.9 Å². The number of carbonyl (C=O) groups excluding carboxylic acids is 1. The van der Waals surface area contributed by atoms with Crippen molar-refractivity contribution in [2.24, 2.45) is 11.7 Å². The van der Waals surface area contributed by atoms with E-state index in [0.29, 0.717) is 6.54 Å². The highest BCUT2D eigenvalue weighted by Crippen LogP contribution is 2.22. The number of benzene rings is 1. The Balaban J connectivity index is 2.84. The lowest BCUT2D eigenvalue weighted by Crippen LogP contribution is -2.23. The Morgan fingerprint density at radius 1 is 1.47 bits per heavy atom. The van der Waals surface area contributed by atoms with Crippen LogP contribution in [-0.4, -0.2) is 12.5 Å².